The number of aryl methyl sites for hydroxylation is 1. The lowest BCUT2D eigenvalue weighted by Crippen LogP contribution is -2.02. The average molecular weight is 208 g/mol. The van der Waals surface area contributed by atoms with Gasteiger partial charge in [-0.05, 0) is 24.5 Å². The fourth-order valence-electron chi connectivity index (χ4n) is 1.43. The van der Waals surface area contributed by atoms with Crippen molar-refractivity contribution < 1.29 is 14.6 Å². The molecule has 3 heteroatoms. The van der Waals surface area contributed by atoms with Gasteiger partial charge in [-0.25, -0.2) is 4.79 Å². The fraction of sp³-hybridized carbons (Fsp3) is 0.417. The number of aromatic hydroxyl groups is 1. The van der Waals surface area contributed by atoms with Crippen molar-refractivity contribution in [1.29, 1.82) is 0 Å². The molecule has 0 bridgehead atoms. The van der Waals surface area contributed by atoms with E-state index in [4.69, 9.17) is 0 Å². The molecule has 15 heavy (non-hydrogen) atoms. The molecule has 0 radical (unpaired) electrons. The molecule has 0 aliphatic rings. The minimum atomic E-state index is -0.495. The maximum atomic E-state index is 11.3. The van der Waals surface area contributed by atoms with Gasteiger partial charge < -0.3 is 9.84 Å². The summed E-state index contributed by atoms with van der Waals surface area (Å²) in [5.41, 5.74) is 1.05. The summed E-state index contributed by atoms with van der Waals surface area (Å²) in [6.07, 6.45) is 2.84. The highest BCUT2D eigenvalue weighted by Gasteiger charge is 2.13. The number of para-hydroxylation sites is 1. The van der Waals surface area contributed by atoms with Crippen molar-refractivity contribution in [2.45, 2.75) is 26.2 Å². The number of carbonyl (C=O) groups is 1. The normalized spacial score (nSPS) is 10.0. The molecule has 0 amide bonds. The second-order valence-corrected chi connectivity index (χ2v) is 3.41. The van der Waals surface area contributed by atoms with Crippen LogP contribution in [0, 0.1) is 0 Å². The van der Waals surface area contributed by atoms with Crippen LogP contribution in [0.2, 0.25) is 0 Å². The number of carbonyl (C=O) groups excluding carboxylic acids is 1. The Labute approximate surface area is 89.7 Å². The van der Waals surface area contributed by atoms with E-state index in [0.29, 0.717) is 0 Å². The van der Waals surface area contributed by atoms with Crippen LogP contribution in [0.3, 0.4) is 0 Å². The number of hydrogen-bond donors (Lipinski definition) is 1. The van der Waals surface area contributed by atoms with Gasteiger partial charge in [-0.2, -0.15) is 0 Å². The third kappa shape index (κ3) is 2.72. The van der Waals surface area contributed by atoms with E-state index < -0.39 is 5.97 Å². The van der Waals surface area contributed by atoms with Crippen molar-refractivity contribution in [3.8, 4) is 5.75 Å². The van der Waals surface area contributed by atoms with Gasteiger partial charge in [0.1, 0.15) is 11.3 Å². The van der Waals surface area contributed by atoms with E-state index in [9.17, 15) is 9.90 Å². The molecule has 0 aromatic heterocycles. The number of esters is 1. The molecular formula is C12H16O3. The third-order valence-electron chi connectivity index (χ3n) is 2.32. The Balaban J connectivity index is 2.95. The summed E-state index contributed by atoms with van der Waals surface area (Å²) in [5, 5.41) is 9.82. The number of benzene rings is 1. The van der Waals surface area contributed by atoms with Crippen molar-refractivity contribution in [3.63, 3.8) is 0 Å². The van der Waals surface area contributed by atoms with Gasteiger partial charge in [-0.15, -0.1) is 0 Å². The van der Waals surface area contributed by atoms with Gasteiger partial charge in [0.05, 0.1) is 7.11 Å². The van der Waals surface area contributed by atoms with E-state index in [1.807, 2.05) is 6.07 Å². The first kappa shape index (κ1) is 11.6. The number of ether oxygens (including phenoxy) is 1. The Morgan fingerprint density at radius 3 is 2.80 bits per heavy atom. The number of hydrogen-bond acceptors (Lipinski definition) is 3. The summed E-state index contributed by atoms with van der Waals surface area (Å²) in [6.45, 7) is 2.08. The molecule has 1 aromatic rings. The molecule has 0 aliphatic carbocycles. The molecule has 0 saturated heterocycles. The van der Waals surface area contributed by atoms with E-state index in [1.165, 1.54) is 7.11 Å². The van der Waals surface area contributed by atoms with Crippen molar-refractivity contribution in [1.82, 2.24) is 0 Å². The van der Waals surface area contributed by atoms with Crippen molar-refractivity contribution in [3.05, 3.63) is 29.3 Å². The molecule has 3 nitrogen and oxygen atoms in total. The predicted molar refractivity (Wildman–Crippen MR) is 58.1 cm³/mol. The summed E-state index contributed by atoms with van der Waals surface area (Å²) >= 11 is 0. The van der Waals surface area contributed by atoms with Crippen LogP contribution in [0.5, 0.6) is 5.75 Å². The van der Waals surface area contributed by atoms with Gasteiger partial charge in [0, 0.05) is 0 Å². The zero-order valence-corrected chi connectivity index (χ0v) is 9.12. The van der Waals surface area contributed by atoms with Gasteiger partial charge in [-0.1, -0.05) is 25.5 Å². The van der Waals surface area contributed by atoms with Gasteiger partial charge in [0.2, 0.25) is 0 Å². The fourth-order valence-corrected chi connectivity index (χ4v) is 1.43. The number of phenolic OH excluding ortho intramolecular Hbond substituents is 1. The molecule has 0 atom stereocenters. The summed E-state index contributed by atoms with van der Waals surface area (Å²) in [4.78, 5) is 11.3. The highest BCUT2D eigenvalue weighted by atomic mass is 16.5. The molecular weight excluding hydrogens is 192 g/mol. The molecule has 82 valence electrons. The van der Waals surface area contributed by atoms with E-state index in [1.54, 1.807) is 12.1 Å². The highest BCUT2D eigenvalue weighted by Crippen LogP contribution is 2.24. The first-order chi connectivity index (χ1) is 7.20. The topological polar surface area (TPSA) is 46.5 Å². The van der Waals surface area contributed by atoms with Crippen LogP contribution in [0.15, 0.2) is 18.2 Å². The van der Waals surface area contributed by atoms with Crippen molar-refractivity contribution >= 4 is 5.97 Å². The molecule has 0 fully saturated rings. The molecule has 0 saturated carbocycles. The smallest absolute Gasteiger partial charge is 0.341 e. The maximum Gasteiger partial charge on any atom is 0.341 e. The van der Waals surface area contributed by atoms with Gasteiger partial charge in [0.25, 0.3) is 0 Å². The first-order valence-electron chi connectivity index (χ1n) is 5.09. The van der Waals surface area contributed by atoms with Crippen LogP contribution >= 0.6 is 0 Å². The molecule has 1 N–H and O–H groups in total. The van der Waals surface area contributed by atoms with Crippen LogP contribution in [-0.2, 0) is 11.2 Å². The number of rotatable bonds is 4. The Morgan fingerprint density at radius 2 is 2.20 bits per heavy atom. The monoisotopic (exact) mass is 208 g/mol. The Hall–Kier alpha value is -1.51. The van der Waals surface area contributed by atoms with E-state index >= 15 is 0 Å². The number of phenols is 1. The predicted octanol–water partition coefficient (Wildman–Crippen LogP) is 2.52. The Kier molecular flexibility index (Phi) is 4.16. The van der Waals surface area contributed by atoms with Crippen LogP contribution in [0.4, 0.5) is 0 Å². The standard InChI is InChI=1S/C12H16O3/c1-3-4-6-9-7-5-8-10(11(9)13)12(14)15-2/h5,7-8,13H,3-4,6H2,1-2H3. The lowest BCUT2D eigenvalue weighted by Gasteiger charge is -2.07. The van der Waals surface area contributed by atoms with Crippen LogP contribution < -0.4 is 0 Å². The maximum absolute atomic E-state index is 11.3. The minimum absolute atomic E-state index is 0.0535. The molecule has 0 heterocycles. The Morgan fingerprint density at radius 1 is 1.47 bits per heavy atom. The zero-order valence-electron chi connectivity index (χ0n) is 9.12. The van der Waals surface area contributed by atoms with Gasteiger partial charge in [0.15, 0.2) is 0 Å². The highest BCUT2D eigenvalue weighted by molar-refractivity contribution is 5.92. The quantitative estimate of drug-likeness (QED) is 0.773. The number of methoxy groups -OCH3 is 1. The molecule has 0 spiro atoms. The van der Waals surface area contributed by atoms with Crippen LogP contribution in [0.25, 0.3) is 0 Å². The number of unbranched alkanes of at least 4 members (excludes halogenated alkanes) is 1. The SMILES string of the molecule is CCCCc1cccc(C(=O)OC)c1O. The summed E-state index contributed by atoms with van der Waals surface area (Å²) in [6, 6.07) is 5.16. The zero-order chi connectivity index (χ0) is 11.3. The molecule has 0 unspecified atom stereocenters. The van der Waals surface area contributed by atoms with Gasteiger partial charge in [-0.3, -0.25) is 0 Å². The molecule has 1 aromatic carbocycles. The second-order valence-electron chi connectivity index (χ2n) is 3.41. The second kappa shape index (κ2) is 5.39. The van der Waals surface area contributed by atoms with Crippen LogP contribution in [-0.4, -0.2) is 18.2 Å². The molecule has 0 aliphatic heterocycles. The largest absolute Gasteiger partial charge is 0.507 e. The van der Waals surface area contributed by atoms with E-state index in [0.717, 1.165) is 24.8 Å². The lowest BCUT2D eigenvalue weighted by molar-refractivity contribution is 0.0597. The molecule has 1 rings (SSSR count). The third-order valence-corrected chi connectivity index (χ3v) is 2.32. The van der Waals surface area contributed by atoms with E-state index in [2.05, 4.69) is 11.7 Å². The van der Waals surface area contributed by atoms with Gasteiger partial charge >= 0.3 is 5.97 Å². The Bertz CT molecular complexity index is 345. The minimum Gasteiger partial charge on any atom is -0.507 e. The van der Waals surface area contributed by atoms with Crippen molar-refractivity contribution in [2.24, 2.45) is 0 Å². The summed E-state index contributed by atoms with van der Waals surface area (Å²) in [7, 11) is 1.31. The van der Waals surface area contributed by atoms with Crippen LogP contribution in [0.1, 0.15) is 35.7 Å². The van der Waals surface area contributed by atoms with Crippen molar-refractivity contribution in [2.75, 3.05) is 7.11 Å². The lowest BCUT2D eigenvalue weighted by atomic mass is 10.0. The average Bonchev–Trinajstić information content (AvgIpc) is 2.27. The first-order valence-corrected chi connectivity index (χ1v) is 5.09. The summed E-state index contributed by atoms with van der Waals surface area (Å²) in [5.74, 6) is -0.441. The summed E-state index contributed by atoms with van der Waals surface area (Å²) < 4.78 is 4.58. The van der Waals surface area contributed by atoms with E-state index in [-0.39, 0.29) is 11.3 Å².